The Morgan fingerprint density at radius 2 is 1.75 bits per heavy atom. The Hall–Kier alpha value is -2.27. The molecule has 0 saturated heterocycles. The van der Waals surface area contributed by atoms with Crippen LogP contribution in [-0.2, 0) is 14.3 Å². The van der Waals surface area contributed by atoms with Crippen LogP contribution < -0.4 is 0 Å². The fourth-order valence-electron chi connectivity index (χ4n) is 2.56. The highest BCUT2D eigenvalue weighted by molar-refractivity contribution is 6.27. The number of Topliss-reactive ketones (excluding diaryl/α,β-unsaturated/α-hetero) is 2. The van der Waals surface area contributed by atoms with E-state index in [0.717, 1.165) is 0 Å². The maximum atomic E-state index is 12.4. The summed E-state index contributed by atoms with van der Waals surface area (Å²) >= 11 is 0. The average molecular weight is 272 g/mol. The summed E-state index contributed by atoms with van der Waals surface area (Å²) in [4.78, 5) is 36.3. The van der Waals surface area contributed by atoms with E-state index in [1.807, 2.05) is 0 Å². The molecule has 0 fully saturated rings. The third kappa shape index (κ3) is 1.78. The van der Waals surface area contributed by atoms with Gasteiger partial charge in [-0.05, 0) is 0 Å². The summed E-state index contributed by atoms with van der Waals surface area (Å²) in [6.45, 7) is -0.0337. The molecule has 1 heterocycles. The lowest BCUT2D eigenvalue weighted by molar-refractivity contribution is -0.153. The standard InChI is InChI=1S/C15H12O5/c1-19-15(18)12-6-10-11(7-20-12)14(17)9-5-3-2-4-8(9)13(10)16/h2-5,12H,6-7H2,1H3. The Morgan fingerprint density at radius 3 is 2.35 bits per heavy atom. The number of rotatable bonds is 1. The van der Waals surface area contributed by atoms with Crippen molar-refractivity contribution in [1.82, 2.24) is 0 Å². The summed E-state index contributed by atoms with van der Waals surface area (Å²) < 4.78 is 9.95. The highest BCUT2D eigenvalue weighted by Crippen LogP contribution is 2.32. The Balaban J connectivity index is 2.02. The van der Waals surface area contributed by atoms with Gasteiger partial charge in [0.1, 0.15) is 0 Å². The van der Waals surface area contributed by atoms with E-state index in [0.29, 0.717) is 22.3 Å². The zero-order valence-corrected chi connectivity index (χ0v) is 10.8. The highest BCUT2D eigenvalue weighted by Gasteiger charge is 2.38. The van der Waals surface area contributed by atoms with Gasteiger partial charge in [-0.1, -0.05) is 24.3 Å². The number of ketones is 2. The maximum Gasteiger partial charge on any atom is 0.335 e. The van der Waals surface area contributed by atoms with Crippen LogP contribution in [0, 0.1) is 0 Å². The second kappa shape index (κ2) is 4.68. The van der Waals surface area contributed by atoms with Crippen LogP contribution in [0.2, 0.25) is 0 Å². The zero-order chi connectivity index (χ0) is 14.3. The van der Waals surface area contributed by atoms with Crippen LogP contribution in [0.3, 0.4) is 0 Å². The number of methoxy groups -OCH3 is 1. The number of esters is 1. The second-order valence-electron chi connectivity index (χ2n) is 4.69. The van der Waals surface area contributed by atoms with Crippen LogP contribution in [0.1, 0.15) is 27.1 Å². The molecule has 0 amide bonds. The number of hydrogen-bond acceptors (Lipinski definition) is 5. The lowest BCUT2D eigenvalue weighted by Crippen LogP contribution is -2.36. The van der Waals surface area contributed by atoms with Gasteiger partial charge >= 0.3 is 5.97 Å². The first kappa shape index (κ1) is 12.7. The molecule has 0 spiro atoms. The van der Waals surface area contributed by atoms with Crippen molar-refractivity contribution in [2.24, 2.45) is 0 Å². The van der Waals surface area contributed by atoms with Gasteiger partial charge in [-0.3, -0.25) is 9.59 Å². The summed E-state index contributed by atoms with van der Waals surface area (Å²) in [7, 11) is 1.26. The number of carbonyl (C=O) groups is 3. The molecule has 1 aliphatic heterocycles. The lowest BCUT2D eigenvalue weighted by atomic mass is 9.81. The normalized spacial score (nSPS) is 21.4. The lowest BCUT2D eigenvalue weighted by Gasteiger charge is -2.28. The van der Waals surface area contributed by atoms with E-state index in [1.54, 1.807) is 24.3 Å². The summed E-state index contributed by atoms with van der Waals surface area (Å²) in [5.41, 5.74) is 1.52. The Kier molecular flexibility index (Phi) is 2.99. The van der Waals surface area contributed by atoms with Gasteiger partial charge in [0, 0.05) is 28.7 Å². The van der Waals surface area contributed by atoms with Crippen molar-refractivity contribution in [1.29, 1.82) is 0 Å². The molecule has 1 aliphatic carbocycles. The molecule has 3 rings (SSSR count). The number of benzene rings is 1. The van der Waals surface area contributed by atoms with E-state index in [2.05, 4.69) is 4.74 Å². The van der Waals surface area contributed by atoms with E-state index >= 15 is 0 Å². The van der Waals surface area contributed by atoms with Crippen LogP contribution in [-0.4, -0.2) is 37.4 Å². The third-order valence-electron chi connectivity index (χ3n) is 3.61. The smallest absolute Gasteiger partial charge is 0.335 e. The van der Waals surface area contributed by atoms with E-state index in [9.17, 15) is 14.4 Å². The van der Waals surface area contributed by atoms with Gasteiger partial charge in [0.05, 0.1) is 13.7 Å². The molecule has 1 aromatic carbocycles. The van der Waals surface area contributed by atoms with Crippen molar-refractivity contribution < 1.29 is 23.9 Å². The quantitative estimate of drug-likeness (QED) is 0.721. The Bertz CT molecular complexity index is 656. The second-order valence-corrected chi connectivity index (χ2v) is 4.69. The molecule has 20 heavy (non-hydrogen) atoms. The molecule has 5 nitrogen and oxygen atoms in total. The van der Waals surface area contributed by atoms with E-state index in [1.165, 1.54) is 7.11 Å². The number of carbonyl (C=O) groups excluding carboxylic acids is 3. The fourth-order valence-corrected chi connectivity index (χ4v) is 2.56. The van der Waals surface area contributed by atoms with E-state index in [4.69, 9.17) is 4.74 Å². The van der Waals surface area contributed by atoms with Crippen molar-refractivity contribution in [3.05, 3.63) is 46.5 Å². The van der Waals surface area contributed by atoms with Gasteiger partial charge < -0.3 is 9.47 Å². The van der Waals surface area contributed by atoms with Crippen molar-refractivity contribution in [3.63, 3.8) is 0 Å². The molecule has 2 aliphatic rings. The molecule has 0 bridgehead atoms. The summed E-state index contributed by atoms with van der Waals surface area (Å²) in [6, 6.07) is 6.69. The van der Waals surface area contributed by atoms with Crippen LogP contribution in [0.4, 0.5) is 0 Å². The predicted octanol–water partition coefficient (Wildman–Crippen LogP) is 1.32. The summed E-state index contributed by atoms with van der Waals surface area (Å²) in [5.74, 6) is -0.929. The highest BCUT2D eigenvalue weighted by atomic mass is 16.6. The van der Waals surface area contributed by atoms with E-state index in [-0.39, 0.29) is 24.6 Å². The molecular weight excluding hydrogens is 260 g/mol. The molecule has 0 saturated carbocycles. The van der Waals surface area contributed by atoms with Crippen molar-refractivity contribution in [2.45, 2.75) is 12.5 Å². The molecule has 0 radical (unpaired) electrons. The molecule has 0 aromatic heterocycles. The predicted molar refractivity (Wildman–Crippen MR) is 68.5 cm³/mol. The van der Waals surface area contributed by atoms with Gasteiger partial charge in [0.2, 0.25) is 0 Å². The molecule has 1 atom stereocenters. The minimum atomic E-state index is -0.819. The van der Waals surface area contributed by atoms with Gasteiger partial charge in [-0.2, -0.15) is 0 Å². The van der Waals surface area contributed by atoms with Crippen molar-refractivity contribution >= 4 is 17.5 Å². The van der Waals surface area contributed by atoms with Gasteiger partial charge in [0.15, 0.2) is 17.7 Å². The van der Waals surface area contributed by atoms with Gasteiger partial charge in [-0.25, -0.2) is 4.79 Å². The first-order chi connectivity index (χ1) is 9.63. The summed E-state index contributed by atoms with van der Waals surface area (Å²) in [6.07, 6.45) is -0.734. The Morgan fingerprint density at radius 1 is 1.15 bits per heavy atom. The molecular formula is C15H12O5. The average Bonchev–Trinajstić information content (AvgIpc) is 2.51. The fraction of sp³-hybridized carbons (Fsp3) is 0.267. The minimum absolute atomic E-state index is 0.0337. The Labute approximate surface area is 115 Å². The minimum Gasteiger partial charge on any atom is -0.467 e. The molecule has 1 aromatic rings. The molecule has 5 heteroatoms. The topological polar surface area (TPSA) is 69.7 Å². The SMILES string of the molecule is COC(=O)C1CC2=C(CO1)C(=O)c1ccccc1C2=O. The maximum absolute atomic E-state index is 12.4. The van der Waals surface area contributed by atoms with Crippen molar-refractivity contribution in [3.8, 4) is 0 Å². The van der Waals surface area contributed by atoms with Crippen molar-refractivity contribution in [2.75, 3.05) is 13.7 Å². The van der Waals surface area contributed by atoms with Crippen LogP contribution >= 0.6 is 0 Å². The number of fused-ring (bicyclic) bond motifs is 1. The van der Waals surface area contributed by atoms with Crippen LogP contribution in [0.25, 0.3) is 0 Å². The molecule has 1 unspecified atom stereocenters. The third-order valence-corrected chi connectivity index (χ3v) is 3.61. The molecule has 0 N–H and O–H groups in total. The number of ether oxygens (including phenoxy) is 2. The number of hydrogen-bond donors (Lipinski definition) is 0. The largest absolute Gasteiger partial charge is 0.467 e. The van der Waals surface area contributed by atoms with Gasteiger partial charge in [-0.15, -0.1) is 0 Å². The zero-order valence-electron chi connectivity index (χ0n) is 10.8. The summed E-state index contributed by atoms with van der Waals surface area (Å²) in [5, 5.41) is 0. The van der Waals surface area contributed by atoms with Crippen LogP contribution in [0.5, 0.6) is 0 Å². The van der Waals surface area contributed by atoms with Crippen LogP contribution in [0.15, 0.2) is 35.4 Å². The molecule has 102 valence electrons. The van der Waals surface area contributed by atoms with E-state index < -0.39 is 12.1 Å². The first-order valence-corrected chi connectivity index (χ1v) is 6.23. The monoisotopic (exact) mass is 272 g/mol. The first-order valence-electron chi connectivity index (χ1n) is 6.23. The van der Waals surface area contributed by atoms with Gasteiger partial charge in [0.25, 0.3) is 0 Å².